The summed E-state index contributed by atoms with van der Waals surface area (Å²) in [6.07, 6.45) is 11.1. The molecule has 0 radical (unpaired) electrons. The van der Waals surface area contributed by atoms with Crippen molar-refractivity contribution < 1.29 is 4.79 Å². The van der Waals surface area contributed by atoms with Crippen molar-refractivity contribution >= 4 is 34.2 Å². The highest BCUT2D eigenvalue weighted by molar-refractivity contribution is 7.03. The van der Waals surface area contributed by atoms with Gasteiger partial charge >= 0.3 is 0 Å². The van der Waals surface area contributed by atoms with Gasteiger partial charge in [-0.25, -0.2) is 4.98 Å². The van der Waals surface area contributed by atoms with Crippen molar-refractivity contribution in [2.75, 3.05) is 18.4 Å². The Morgan fingerprint density at radius 3 is 3.23 bits per heavy atom. The Hall–Kier alpha value is -2.85. The van der Waals surface area contributed by atoms with E-state index in [4.69, 9.17) is 6.42 Å². The monoisotopic (exact) mass is 365 g/mol. The normalized spacial score (nSPS) is 17.2. The minimum absolute atomic E-state index is 0.0280. The van der Waals surface area contributed by atoms with Gasteiger partial charge < -0.3 is 15.2 Å². The first-order chi connectivity index (χ1) is 12.8. The average Bonchev–Trinajstić information content (AvgIpc) is 3.34. The fourth-order valence-electron chi connectivity index (χ4n) is 3.43. The maximum atomic E-state index is 12.2. The van der Waals surface area contributed by atoms with Gasteiger partial charge in [0, 0.05) is 47.9 Å². The van der Waals surface area contributed by atoms with Crippen LogP contribution in [0.2, 0.25) is 0 Å². The Morgan fingerprint density at radius 2 is 2.42 bits per heavy atom. The first kappa shape index (κ1) is 16.6. The van der Waals surface area contributed by atoms with Crippen molar-refractivity contribution in [2.24, 2.45) is 0 Å². The third-order valence-electron chi connectivity index (χ3n) is 4.68. The molecule has 4 rings (SSSR count). The molecule has 1 amide bonds. The Kier molecular flexibility index (Phi) is 4.59. The zero-order valence-electron chi connectivity index (χ0n) is 14.2. The van der Waals surface area contributed by atoms with Crippen molar-refractivity contribution in [1.82, 2.24) is 19.2 Å². The summed E-state index contributed by atoms with van der Waals surface area (Å²) in [5.74, 6) is 2.47. The highest BCUT2D eigenvalue weighted by Gasteiger charge is 2.24. The molecule has 7 heteroatoms. The summed E-state index contributed by atoms with van der Waals surface area (Å²) in [5, 5.41) is 6.64. The number of carbonyl (C=O) groups excluding carboxylic acids is 1. The van der Waals surface area contributed by atoms with Gasteiger partial charge in [-0.05, 0) is 36.5 Å². The molecule has 0 bridgehead atoms. The van der Waals surface area contributed by atoms with Crippen LogP contribution in [-0.2, 0) is 4.79 Å². The lowest BCUT2D eigenvalue weighted by Gasteiger charge is -2.34. The fraction of sp³-hybridized carbons (Fsp3) is 0.316. The second-order valence-corrected chi connectivity index (χ2v) is 7.04. The van der Waals surface area contributed by atoms with E-state index in [2.05, 4.69) is 25.6 Å². The molecular weight excluding hydrogens is 346 g/mol. The minimum Gasteiger partial charge on any atom is -0.379 e. The van der Waals surface area contributed by atoms with E-state index in [-0.39, 0.29) is 18.4 Å². The van der Waals surface area contributed by atoms with Crippen LogP contribution in [0.1, 0.15) is 19.3 Å². The molecule has 0 aromatic carbocycles. The van der Waals surface area contributed by atoms with Crippen LogP contribution in [0.4, 0.5) is 5.69 Å². The topological polar surface area (TPSA) is 73.9 Å². The lowest BCUT2D eigenvalue weighted by atomic mass is 10.0. The maximum absolute atomic E-state index is 12.2. The summed E-state index contributed by atoms with van der Waals surface area (Å²) in [6, 6.07) is 4.18. The number of hydrogen-bond acceptors (Lipinski definition) is 5. The number of H-pyrrole nitrogens is 1. The summed E-state index contributed by atoms with van der Waals surface area (Å²) in [4.78, 5) is 21.7. The van der Waals surface area contributed by atoms with Gasteiger partial charge in [0.1, 0.15) is 5.65 Å². The van der Waals surface area contributed by atoms with Crippen LogP contribution < -0.4 is 5.32 Å². The van der Waals surface area contributed by atoms with Crippen molar-refractivity contribution in [3.8, 4) is 23.6 Å². The Labute approximate surface area is 155 Å². The van der Waals surface area contributed by atoms with Crippen molar-refractivity contribution in [2.45, 2.75) is 25.3 Å². The molecule has 1 saturated heterocycles. The largest absolute Gasteiger partial charge is 0.379 e. The third kappa shape index (κ3) is 3.16. The number of piperidine rings is 1. The number of amides is 1. The molecule has 0 spiro atoms. The number of nitrogens with one attached hydrogen (secondary N) is 2. The second kappa shape index (κ2) is 7.18. The summed E-state index contributed by atoms with van der Waals surface area (Å²) >= 11 is 1.42. The Morgan fingerprint density at radius 1 is 1.50 bits per heavy atom. The Bertz CT molecular complexity index is 956. The molecular formula is C19H19N5OS. The van der Waals surface area contributed by atoms with Gasteiger partial charge in [0.05, 0.1) is 17.8 Å². The second-order valence-electron chi connectivity index (χ2n) is 6.38. The molecule has 3 aromatic rings. The number of terminal acetylenes is 1. The number of rotatable bonds is 4. The summed E-state index contributed by atoms with van der Waals surface area (Å²) < 4.78 is 4.46. The molecule has 0 aliphatic carbocycles. The van der Waals surface area contributed by atoms with E-state index < -0.39 is 0 Å². The van der Waals surface area contributed by atoms with Gasteiger partial charge in [-0.1, -0.05) is 5.92 Å². The quantitative estimate of drug-likeness (QED) is 0.697. The molecule has 1 atom stereocenters. The van der Waals surface area contributed by atoms with Crippen LogP contribution in [0.3, 0.4) is 0 Å². The van der Waals surface area contributed by atoms with Gasteiger partial charge in [-0.3, -0.25) is 4.79 Å². The van der Waals surface area contributed by atoms with Gasteiger partial charge in [-0.2, -0.15) is 4.37 Å². The highest BCUT2D eigenvalue weighted by Crippen LogP contribution is 2.34. The third-order valence-corrected chi connectivity index (χ3v) is 5.24. The van der Waals surface area contributed by atoms with Crippen LogP contribution in [0.25, 0.3) is 22.3 Å². The van der Waals surface area contributed by atoms with Gasteiger partial charge in [0.15, 0.2) is 0 Å². The van der Waals surface area contributed by atoms with Crippen molar-refractivity contribution in [3.05, 3.63) is 29.9 Å². The maximum Gasteiger partial charge on any atom is 0.234 e. The smallest absolute Gasteiger partial charge is 0.234 e. The number of fused-ring (bicyclic) bond motifs is 1. The molecule has 1 aliphatic heterocycles. The standard InChI is InChI=1S/C19H19N5OS/c1-2-4-17(25)24-9-3-5-13(12-24)22-18-14-6-8-20-19(14)21-11-15(18)16-7-10-26-23-16/h1,6-8,10-11,13H,3-5,9,12H2,(H2,20,21,22)/t13-/m1/s1. The Balaban J connectivity index is 1.64. The predicted octanol–water partition coefficient (Wildman–Crippen LogP) is 3.11. The first-order valence-electron chi connectivity index (χ1n) is 8.61. The number of pyridine rings is 1. The molecule has 2 N–H and O–H groups in total. The molecule has 1 aliphatic rings. The average molecular weight is 365 g/mol. The molecule has 26 heavy (non-hydrogen) atoms. The van der Waals surface area contributed by atoms with Crippen LogP contribution in [0.5, 0.6) is 0 Å². The lowest BCUT2D eigenvalue weighted by Crippen LogP contribution is -2.45. The number of aromatic amines is 1. The van der Waals surface area contributed by atoms with Gasteiger partial charge in [0.25, 0.3) is 0 Å². The molecule has 0 saturated carbocycles. The van der Waals surface area contributed by atoms with Crippen molar-refractivity contribution in [1.29, 1.82) is 0 Å². The number of aromatic nitrogens is 3. The summed E-state index contributed by atoms with van der Waals surface area (Å²) in [5.41, 5.74) is 3.73. The SMILES string of the molecule is C#CCC(=O)N1CCC[C@@H](Nc2c(-c3ccsn3)cnc3[nH]ccc23)C1. The predicted molar refractivity (Wildman–Crippen MR) is 104 cm³/mol. The van der Waals surface area contributed by atoms with E-state index in [0.29, 0.717) is 6.54 Å². The zero-order chi connectivity index (χ0) is 17.9. The van der Waals surface area contributed by atoms with Gasteiger partial charge in [-0.15, -0.1) is 6.42 Å². The van der Waals surface area contributed by atoms with E-state index in [1.165, 1.54) is 11.5 Å². The number of anilines is 1. The summed E-state index contributed by atoms with van der Waals surface area (Å²) in [7, 11) is 0. The molecule has 132 valence electrons. The van der Waals surface area contributed by atoms with E-state index in [9.17, 15) is 4.79 Å². The minimum atomic E-state index is 0.0280. The van der Waals surface area contributed by atoms with E-state index in [0.717, 1.165) is 47.4 Å². The molecule has 6 nitrogen and oxygen atoms in total. The lowest BCUT2D eigenvalue weighted by molar-refractivity contribution is -0.131. The van der Waals surface area contributed by atoms with Crippen LogP contribution in [0.15, 0.2) is 29.9 Å². The van der Waals surface area contributed by atoms with E-state index >= 15 is 0 Å². The number of carbonyl (C=O) groups is 1. The fourth-order valence-corrected chi connectivity index (χ4v) is 3.96. The van der Waals surface area contributed by atoms with E-state index in [1.807, 2.05) is 34.8 Å². The molecule has 0 unspecified atom stereocenters. The number of hydrogen-bond donors (Lipinski definition) is 2. The zero-order valence-corrected chi connectivity index (χ0v) is 15.1. The van der Waals surface area contributed by atoms with Crippen LogP contribution in [-0.4, -0.2) is 44.3 Å². The number of likely N-dealkylation sites (tertiary alicyclic amines) is 1. The number of nitrogens with zero attached hydrogens (tertiary/aromatic N) is 3. The van der Waals surface area contributed by atoms with Crippen molar-refractivity contribution in [3.63, 3.8) is 0 Å². The van der Waals surface area contributed by atoms with E-state index in [1.54, 1.807) is 0 Å². The van der Waals surface area contributed by atoms with Gasteiger partial charge in [0.2, 0.25) is 5.91 Å². The van der Waals surface area contributed by atoms with Crippen LogP contribution >= 0.6 is 11.5 Å². The summed E-state index contributed by atoms with van der Waals surface area (Å²) in [6.45, 7) is 1.43. The highest BCUT2D eigenvalue weighted by atomic mass is 32.1. The molecule has 1 fully saturated rings. The molecule has 3 aromatic heterocycles. The van der Waals surface area contributed by atoms with Crippen LogP contribution in [0, 0.1) is 12.3 Å². The first-order valence-corrected chi connectivity index (χ1v) is 9.44. The molecule has 4 heterocycles.